The Morgan fingerprint density at radius 3 is 2.64 bits per heavy atom. The first kappa shape index (κ1) is 20.4. The molecule has 3 rings (SSSR count). The number of halogens is 1. The maximum Gasteiger partial charge on any atom is 0.278 e. The normalized spacial score (nSPS) is 13.9. The molecule has 0 saturated heterocycles. The number of aromatic nitrogens is 1. The fraction of sp³-hybridized carbons (Fsp3) is 0.333. The van der Waals surface area contributed by atoms with Gasteiger partial charge in [-0.15, -0.1) is 0 Å². The summed E-state index contributed by atoms with van der Waals surface area (Å²) in [4.78, 5) is 20.9. The summed E-state index contributed by atoms with van der Waals surface area (Å²) in [7, 11) is -0.647. The number of amides is 1. The molecule has 2 aromatic rings. The Morgan fingerprint density at radius 1 is 1.32 bits per heavy atom. The van der Waals surface area contributed by atoms with Crippen LogP contribution in [0.3, 0.4) is 0 Å². The molecule has 1 aliphatic rings. The Balaban J connectivity index is 2.10. The number of carbonyl (C=O) groups is 1. The SMILES string of the molecule is CONC(=O)c1cnc(Cl)cc1Nc1cccc(C2CC2)c1N(C)S(C)(=O)=O. The molecule has 0 atom stereocenters. The van der Waals surface area contributed by atoms with Gasteiger partial charge in [-0.05, 0) is 36.5 Å². The molecule has 1 aromatic carbocycles. The van der Waals surface area contributed by atoms with E-state index >= 15 is 0 Å². The van der Waals surface area contributed by atoms with Crippen molar-refractivity contribution in [3.63, 3.8) is 0 Å². The van der Waals surface area contributed by atoms with Crippen molar-refractivity contribution < 1.29 is 18.0 Å². The van der Waals surface area contributed by atoms with Gasteiger partial charge < -0.3 is 5.32 Å². The number of benzene rings is 1. The van der Waals surface area contributed by atoms with Crippen molar-refractivity contribution in [2.45, 2.75) is 18.8 Å². The second-order valence-corrected chi connectivity index (χ2v) is 8.96. The maximum absolute atomic E-state index is 12.3. The Labute approximate surface area is 168 Å². The van der Waals surface area contributed by atoms with Crippen LogP contribution in [0.4, 0.5) is 17.1 Å². The highest BCUT2D eigenvalue weighted by atomic mass is 35.5. The van der Waals surface area contributed by atoms with E-state index < -0.39 is 15.9 Å². The predicted molar refractivity (Wildman–Crippen MR) is 109 cm³/mol. The smallest absolute Gasteiger partial charge is 0.278 e. The van der Waals surface area contributed by atoms with Crippen LogP contribution in [0.2, 0.25) is 5.15 Å². The molecule has 0 bridgehead atoms. The topological polar surface area (TPSA) is 101 Å². The molecular weight excluding hydrogens is 404 g/mol. The molecule has 1 amide bonds. The highest BCUT2D eigenvalue weighted by molar-refractivity contribution is 7.92. The number of para-hydroxylation sites is 1. The minimum absolute atomic E-state index is 0.188. The number of rotatable bonds is 7. The third kappa shape index (κ3) is 4.37. The summed E-state index contributed by atoms with van der Waals surface area (Å²) >= 11 is 6.01. The zero-order valence-electron chi connectivity index (χ0n) is 15.7. The molecule has 2 N–H and O–H groups in total. The second kappa shape index (κ2) is 7.94. The van der Waals surface area contributed by atoms with E-state index in [1.54, 1.807) is 6.07 Å². The Morgan fingerprint density at radius 2 is 2.04 bits per heavy atom. The average molecular weight is 425 g/mol. The molecule has 1 aromatic heterocycles. The molecule has 10 heteroatoms. The Hall–Kier alpha value is -2.36. The van der Waals surface area contributed by atoms with Crippen molar-refractivity contribution in [1.29, 1.82) is 0 Å². The number of nitrogens with zero attached hydrogens (tertiary/aromatic N) is 2. The predicted octanol–water partition coefficient (Wildman–Crippen LogP) is 3.04. The second-order valence-electron chi connectivity index (χ2n) is 6.56. The maximum atomic E-state index is 12.3. The van der Waals surface area contributed by atoms with Gasteiger partial charge in [0.15, 0.2) is 0 Å². The lowest BCUT2D eigenvalue weighted by molar-refractivity contribution is 0.0538. The largest absolute Gasteiger partial charge is 0.353 e. The number of hydrogen-bond donors (Lipinski definition) is 2. The molecule has 1 fully saturated rings. The van der Waals surface area contributed by atoms with Crippen molar-refractivity contribution >= 4 is 44.6 Å². The third-order valence-electron chi connectivity index (χ3n) is 4.48. The van der Waals surface area contributed by atoms with Crippen molar-refractivity contribution in [2.24, 2.45) is 0 Å². The van der Waals surface area contributed by atoms with Crippen molar-refractivity contribution in [1.82, 2.24) is 10.5 Å². The molecule has 150 valence electrons. The van der Waals surface area contributed by atoms with Crippen LogP contribution in [0.15, 0.2) is 30.5 Å². The molecule has 0 radical (unpaired) electrons. The zero-order chi connectivity index (χ0) is 20.5. The average Bonchev–Trinajstić information content (AvgIpc) is 3.45. The van der Waals surface area contributed by atoms with E-state index in [-0.39, 0.29) is 10.7 Å². The van der Waals surface area contributed by atoms with Gasteiger partial charge in [-0.2, -0.15) is 0 Å². The Kier molecular flexibility index (Phi) is 5.78. The van der Waals surface area contributed by atoms with Crippen LogP contribution in [0.1, 0.15) is 34.7 Å². The summed E-state index contributed by atoms with van der Waals surface area (Å²) < 4.78 is 25.7. The van der Waals surface area contributed by atoms with Crippen LogP contribution in [-0.2, 0) is 14.9 Å². The summed E-state index contributed by atoms with van der Waals surface area (Å²) in [6, 6.07) is 7.04. The van der Waals surface area contributed by atoms with E-state index in [4.69, 9.17) is 11.6 Å². The highest BCUT2D eigenvalue weighted by Gasteiger charge is 2.30. The van der Waals surface area contributed by atoms with Crippen LogP contribution in [0.5, 0.6) is 0 Å². The molecule has 1 heterocycles. The van der Waals surface area contributed by atoms with Gasteiger partial charge in [-0.25, -0.2) is 18.9 Å². The number of hydroxylamine groups is 1. The summed E-state index contributed by atoms with van der Waals surface area (Å²) in [5.41, 5.74) is 4.87. The lowest BCUT2D eigenvalue weighted by atomic mass is 10.1. The first-order chi connectivity index (χ1) is 13.2. The lowest BCUT2D eigenvalue weighted by Gasteiger charge is -2.25. The van der Waals surface area contributed by atoms with Gasteiger partial charge in [0.2, 0.25) is 10.0 Å². The summed E-state index contributed by atoms with van der Waals surface area (Å²) in [5, 5.41) is 3.34. The molecule has 0 aliphatic heterocycles. The minimum Gasteiger partial charge on any atom is -0.353 e. The quantitative estimate of drug-likeness (QED) is 0.523. The van der Waals surface area contributed by atoms with Crippen molar-refractivity contribution in [3.8, 4) is 0 Å². The van der Waals surface area contributed by atoms with E-state index in [0.29, 0.717) is 23.0 Å². The Bertz CT molecular complexity index is 1010. The van der Waals surface area contributed by atoms with E-state index in [2.05, 4.69) is 20.6 Å². The van der Waals surface area contributed by atoms with E-state index in [9.17, 15) is 13.2 Å². The van der Waals surface area contributed by atoms with E-state index in [0.717, 1.165) is 24.7 Å². The summed E-state index contributed by atoms with van der Waals surface area (Å²) in [5.74, 6) is -0.191. The molecule has 0 spiro atoms. The molecule has 28 heavy (non-hydrogen) atoms. The van der Waals surface area contributed by atoms with E-state index in [1.807, 2.05) is 12.1 Å². The number of hydrogen-bond acceptors (Lipinski definition) is 6. The van der Waals surface area contributed by atoms with Gasteiger partial charge in [0.05, 0.1) is 36.0 Å². The van der Waals surface area contributed by atoms with Crippen LogP contribution in [-0.4, -0.2) is 39.7 Å². The van der Waals surface area contributed by atoms with Crippen LogP contribution < -0.4 is 15.1 Å². The summed E-state index contributed by atoms with van der Waals surface area (Å²) in [6.45, 7) is 0. The lowest BCUT2D eigenvalue weighted by Crippen LogP contribution is -2.27. The first-order valence-electron chi connectivity index (χ1n) is 8.55. The molecule has 1 saturated carbocycles. The van der Waals surface area contributed by atoms with Crippen molar-refractivity contribution in [2.75, 3.05) is 30.0 Å². The van der Waals surface area contributed by atoms with Crippen LogP contribution in [0, 0.1) is 0 Å². The zero-order valence-corrected chi connectivity index (χ0v) is 17.3. The van der Waals surface area contributed by atoms with Gasteiger partial charge in [0, 0.05) is 13.2 Å². The van der Waals surface area contributed by atoms with Gasteiger partial charge in [0.25, 0.3) is 5.91 Å². The first-order valence-corrected chi connectivity index (χ1v) is 10.8. The monoisotopic (exact) mass is 424 g/mol. The third-order valence-corrected chi connectivity index (χ3v) is 5.86. The molecular formula is C18H21ClN4O4S. The van der Waals surface area contributed by atoms with Gasteiger partial charge >= 0.3 is 0 Å². The summed E-state index contributed by atoms with van der Waals surface area (Å²) in [6.07, 6.45) is 4.50. The highest BCUT2D eigenvalue weighted by Crippen LogP contribution is 2.47. The van der Waals surface area contributed by atoms with Crippen molar-refractivity contribution in [3.05, 3.63) is 46.7 Å². The number of pyridine rings is 1. The standard InChI is InChI=1S/C18H21ClN4O4S/c1-23(28(3,25)26)17-12(11-7-8-11)5-4-6-14(17)21-15-9-16(19)20-10-13(15)18(24)22-27-2/h4-6,9-11H,7-8H2,1-3H3,(H,20,21)(H,22,24). The number of anilines is 3. The number of nitrogens with one attached hydrogen (secondary N) is 2. The molecule has 0 unspecified atom stereocenters. The molecule has 8 nitrogen and oxygen atoms in total. The van der Waals surface area contributed by atoms with Gasteiger partial charge in [0.1, 0.15) is 5.15 Å². The van der Waals surface area contributed by atoms with Gasteiger partial charge in [-0.1, -0.05) is 23.7 Å². The van der Waals surface area contributed by atoms with E-state index in [1.165, 1.54) is 30.7 Å². The van der Waals surface area contributed by atoms with Gasteiger partial charge in [-0.3, -0.25) is 13.9 Å². The number of sulfonamides is 1. The minimum atomic E-state index is -3.49. The fourth-order valence-corrected chi connectivity index (χ4v) is 3.60. The number of carbonyl (C=O) groups excluding carboxylic acids is 1. The molecule has 1 aliphatic carbocycles. The van der Waals surface area contributed by atoms with Crippen LogP contribution >= 0.6 is 11.6 Å². The van der Waals surface area contributed by atoms with Crippen LogP contribution in [0.25, 0.3) is 0 Å². The fourth-order valence-electron chi connectivity index (χ4n) is 2.91.